The van der Waals surface area contributed by atoms with Crippen molar-refractivity contribution in [2.45, 2.75) is 43.2 Å². The summed E-state index contributed by atoms with van der Waals surface area (Å²) in [6.07, 6.45) is 4.13. The molecule has 2 N–H and O–H groups in total. The molecule has 1 aliphatic carbocycles. The molecule has 5 nitrogen and oxygen atoms in total. The van der Waals surface area contributed by atoms with Crippen LogP contribution in [-0.4, -0.2) is 20.4 Å². The van der Waals surface area contributed by atoms with E-state index in [0.29, 0.717) is 11.1 Å². The number of sulfonamides is 1. The Bertz CT molecular complexity index is 876. The fraction of sp³-hybridized carbons (Fsp3) is 0.316. The van der Waals surface area contributed by atoms with Crippen LogP contribution >= 0.6 is 0 Å². The Morgan fingerprint density at radius 2 is 1.77 bits per heavy atom. The number of amides is 1. The number of hydrogen-bond donors (Lipinski definition) is 2. The fourth-order valence-electron chi connectivity index (χ4n) is 3.01. The average Bonchev–Trinajstić information content (AvgIpc) is 3.14. The molecule has 0 radical (unpaired) electrons. The molecule has 138 valence electrons. The third kappa shape index (κ3) is 4.68. The van der Waals surface area contributed by atoms with Gasteiger partial charge in [0.15, 0.2) is 0 Å². The van der Waals surface area contributed by atoms with E-state index in [9.17, 15) is 17.6 Å². The summed E-state index contributed by atoms with van der Waals surface area (Å²) in [6, 6.07) is 11.7. The van der Waals surface area contributed by atoms with Gasteiger partial charge in [0.05, 0.1) is 4.90 Å². The highest BCUT2D eigenvalue weighted by atomic mass is 32.2. The van der Waals surface area contributed by atoms with Gasteiger partial charge in [-0.1, -0.05) is 31.0 Å². The largest absolute Gasteiger partial charge is 0.349 e. The zero-order chi connectivity index (χ0) is 18.6. The monoisotopic (exact) mass is 376 g/mol. The van der Waals surface area contributed by atoms with Crippen molar-refractivity contribution in [2.75, 3.05) is 0 Å². The first kappa shape index (κ1) is 18.5. The summed E-state index contributed by atoms with van der Waals surface area (Å²) in [7, 11) is -3.78. The summed E-state index contributed by atoms with van der Waals surface area (Å²) in [4.78, 5) is 12.4. The molecule has 0 aromatic heterocycles. The molecule has 0 unspecified atom stereocenters. The molecule has 1 fully saturated rings. The van der Waals surface area contributed by atoms with Crippen molar-refractivity contribution < 1.29 is 17.6 Å². The minimum Gasteiger partial charge on any atom is -0.349 e. The fourth-order valence-corrected chi connectivity index (χ4v) is 4.07. The molecular weight excluding hydrogens is 355 g/mol. The SMILES string of the molecule is O=C(NC1CCCC1)c1cccc(S(=O)(=O)NCc2ccc(F)cc2)c1. The van der Waals surface area contributed by atoms with Gasteiger partial charge >= 0.3 is 0 Å². The third-order valence-electron chi connectivity index (χ3n) is 4.48. The van der Waals surface area contributed by atoms with Crippen molar-refractivity contribution in [3.05, 3.63) is 65.5 Å². The smallest absolute Gasteiger partial charge is 0.251 e. The first-order valence-electron chi connectivity index (χ1n) is 8.59. The topological polar surface area (TPSA) is 75.3 Å². The van der Waals surface area contributed by atoms with Crippen LogP contribution in [0, 0.1) is 5.82 Å². The maximum atomic E-state index is 12.9. The molecule has 2 aromatic rings. The van der Waals surface area contributed by atoms with E-state index in [1.54, 1.807) is 12.1 Å². The average molecular weight is 376 g/mol. The molecule has 0 spiro atoms. The van der Waals surface area contributed by atoms with Gasteiger partial charge in [0, 0.05) is 18.2 Å². The van der Waals surface area contributed by atoms with Crippen LogP contribution in [0.15, 0.2) is 53.4 Å². The Morgan fingerprint density at radius 3 is 2.46 bits per heavy atom. The van der Waals surface area contributed by atoms with Gasteiger partial charge < -0.3 is 5.32 Å². The van der Waals surface area contributed by atoms with Crippen LogP contribution in [0.4, 0.5) is 4.39 Å². The van der Waals surface area contributed by atoms with E-state index >= 15 is 0 Å². The molecule has 0 atom stereocenters. The second-order valence-electron chi connectivity index (χ2n) is 6.43. The van der Waals surface area contributed by atoms with Crippen LogP contribution in [0.3, 0.4) is 0 Å². The van der Waals surface area contributed by atoms with Crippen LogP contribution in [-0.2, 0) is 16.6 Å². The Balaban J connectivity index is 1.69. The maximum Gasteiger partial charge on any atom is 0.251 e. The summed E-state index contributed by atoms with van der Waals surface area (Å²) < 4.78 is 40.3. The summed E-state index contributed by atoms with van der Waals surface area (Å²) in [6.45, 7) is 0.0428. The lowest BCUT2D eigenvalue weighted by atomic mass is 10.2. The molecule has 1 saturated carbocycles. The van der Waals surface area contributed by atoms with Gasteiger partial charge in [-0.3, -0.25) is 4.79 Å². The molecule has 0 saturated heterocycles. The summed E-state index contributed by atoms with van der Waals surface area (Å²) in [5.41, 5.74) is 0.965. The van der Waals surface area contributed by atoms with E-state index in [1.807, 2.05) is 0 Å². The number of rotatable bonds is 6. The molecule has 1 aliphatic rings. The number of nitrogens with one attached hydrogen (secondary N) is 2. The van der Waals surface area contributed by atoms with Crippen LogP contribution in [0.2, 0.25) is 0 Å². The quantitative estimate of drug-likeness (QED) is 0.814. The minimum atomic E-state index is -3.78. The van der Waals surface area contributed by atoms with Crippen molar-refractivity contribution in [3.8, 4) is 0 Å². The van der Waals surface area contributed by atoms with E-state index in [2.05, 4.69) is 10.0 Å². The molecule has 2 aromatic carbocycles. The lowest BCUT2D eigenvalue weighted by Crippen LogP contribution is -2.32. The predicted octanol–water partition coefficient (Wildman–Crippen LogP) is 2.98. The highest BCUT2D eigenvalue weighted by molar-refractivity contribution is 7.89. The third-order valence-corrected chi connectivity index (χ3v) is 5.88. The second kappa shape index (κ2) is 7.97. The number of halogens is 1. The predicted molar refractivity (Wildman–Crippen MR) is 96.6 cm³/mol. The van der Waals surface area contributed by atoms with Gasteiger partial charge in [0.25, 0.3) is 5.91 Å². The van der Waals surface area contributed by atoms with Gasteiger partial charge in [-0.25, -0.2) is 17.5 Å². The van der Waals surface area contributed by atoms with E-state index < -0.39 is 10.0 Å². The number of carbonyl (C=O) groups is 1. The van der Waals surface area contributed by atoms with E-state index in [4.69, 9.17) is 0 Å². The molecule has 0 aliphatic heterocycles. The highest BCUT2D eigenvalue weighted by Crippen LogP contribution is 2.19. The van der Waals surface area contributed by atoms with Crippen LogP contribution in [0.25, 0.3) is 0 Å². The summed E-state index contributed by atoms with van der Waals surface area (Å²) in [5.74, 6) is -0.634. The van der Waals surface area contributed by atoms with E-state index in [0.717, 1.165) is 25.7 Å². The minimum absolute atomic E-state index is 0.0266. The number of hydrogen-bond acceptors (Lipinski definition) is 3. The maximum absolute atomic E-state index is 12.9. The summed E-state index contributed by atoms with van der Waals surface area (Å²) >= 11 is 0. The Labute approximate surface area is 152 Å². The first-order valence-corrected chi connectivity index (χ1v) is 10.1. The molecule has 3 rings (SSSR count). The van der Waals surface area contributed by atoms with E-state index in [1.165, 1.54) is 36.4 Å². The molecule has 7 heteroatoms. The van der Waals surface area contributed by atoms with Crippen LogP contribution in [0.1, 0.15) is 41.6 Å². The Hall–Kier alpha value is -2.25. The Morgan fingerprint density at radius 1 is 1.08 bits per heavy atom. The molecule has 0 bridgehead atoms. The van der Waals surface area contributed by atoms with Crippen molar-refractivity contribution in [1.29, 1.82) is 0 Å². The first-order chi connectivity index (χ1) is 12.4. The number of carbonyl (C=O) groups excluding carboxylic acids is 1. The van der Waals surface area contributed by atoms with Crippen molar-refractivity contribution in [3.63, 3.8) is 0 Å². The van der Waals surface area contributed by atoms with Gasteiger partial charge in [0.2, 0.25) is 10.0 Å². The van der Waals surface area contributed by atoms with Gasteiger partial charge in [-0.2, -0.15) is 0 Å². The van der Waals surface area contributed by atoms with Crippen molar-refractivity contribution in [2.24, 2.45) is 0 Å². The zero-order valence-electron chi connectivity index (χ0n) is 14.2. The highest BCUT2D eigenvalue weighted by Gasteiger charge is 2.20. The molecule has 26 heavy (non-hydrogen) atoms. The lowest BCUT2D eigenvalue weighted by molar-refractivity contribution is 0.0937. The Kier molecular flexibility index (Phi) is 5.68. The van der Waals surface area contributed by atoms with Crippen molar-refractivity contribution >= 4 is 15.9 Å². The van der Waals surface area contributed by atoms with Crippen LogP contribution in [0.5, 0.6) is 0 Å². The lowest BCUT2D eigenvalue weighted by Gasteiger charge is -2.13. The molecule has 1 amide bonds. The second-order valence-corrected chi connectivity index (χ2v) is 8.20. The van der Waals surface area contributed by atoms with Crippen LogP contribution < -0.4 is 10.0 Å². The zero-order valence-corrected chi connectivity index (χ0v) is 15.1. The summed E-state index contributed by atoms with van der Waals surface area (Å²) in [5, 5.41) is 2.95. The van der Waals surface area contributed by atoms with E-state index in [-0.39, 0.29) is 29.2 Å². The van der Waals surface area contributed by atoms with Gasteiger partial charge in [-0.05, 0) is 48.7 Å². The molecular formula is C19H21FN2O3S. The van der Waals surface area contributed by atoms with Crippen molar-refractivity contribution in [1.82, 2.24) is 10.0 Å². The molecule has 0 heterocycles. The van der Waals surface area contributed by atoms with Gasteiger partial charge in [0.1, 0.15) is 5.82 Å². The number of benzene rings is 2. The van der Waals surface area contributed by atoms with Gasteiger partial charge in [-0.15, -0.1) is 0 Å². The standard InChI is InChI=1S/C19H21FN2O3S/c20-16-10-8-14(9-11-16)13-21-26(24,25)18-7-3-4-15(12-18)19(23)22-17-5-1-2-6-17/h3-4,7-12,17,21H,1-2,5-6,13H2,(H,22,23). The normalized spacial score (nSPS) is 15.1.